The van der Waals surface area contributed by atoms with Crippen LogP contribution < -0.4 is 10.1 Å². The molecule has 124 valence electrons. The first-order valence-electron chi connectivity index (χ1n) is 8.36. The summed E-state index contributed by atoms with van der Waals surface area (Å²) in [4.78, 5) is 0. The van der Waals surface area contributed by atoms with Gasteiger partial charge in [0.05, 0.1) is 19.8 Å². The maximum absolute atomic E-state index is 5.81. The fourth-order valence-corrected chi connectivity index (χ4v) is 2.38. The number of nitrogens with one attached hydrogen (secondary N) is 1. The second-order valence-corrected chi connectivity index (χ2v) is 5.59. The predicted octanol–water partition coefficient (Wildman–Crippen LogP) is 3.82. The molecule has 0 unspecified atom stereocenters. The lowest BCUT2D eigenvalue weighted by molar-refractivity contribution is 0.107. The fraction of sp³-hybridized carbons (Fsp3) is 0.400. The number of aryl methyl sites for hydroxylation is 1. The van der Waals surface area contributed by atoms with E-state index in [9.17, 15) is 0 Å². The first kappa shape index (κ1) is 17.5. The molecule has 0 amide bonds. The highest BCUT2D eigenvalue weighted by Crippen LogP contribution is 2.14. The molecule has 0 aliphatic rings. The van der Waals surface area contributed by atoms with Crippen LogP contribution in [0.2, 0.25) is 0 Å². The smallest absolute Gasteiger partial charge is 0.119 e. The van der Waals surface area contributed by atoms with Gasteiger partial charge in [-0.25, -0.2) is 0 Å². The summed E-state index contributed by atoms with van der Waals surface area (Å²) in [5.74, 6) is 0.954. The Hall–Kier alpha value is -1.84. The summed E-state index contributed by atoms with van der Waals surface area (Å²) in [6, 6.07) is 18.6. The van der Waals surface area contributed by atoms with E-state index in [0.29, 0.717) is 13.2 Å². The van der Waals surface area contributed by atoms with E-state index in [1.807, 2.05) is 31.3 Å². The second-order valence-electron chi connectivity index (χ2n) is 5.59. The average Bonchev–Trinajstić information content (AvgIpc) is 2.59. The first-order chi connectivity index (χ1) is 11.4. The van der Waals surface area contributed by atoms with Crippen LogP contribution >= 0.6 is 0 Å². The van der Waals surface area contributed by atoms with Gasteiger partial charge in [-0.1, -0.05) is 42.5 Å². The van der Waals surface area contributed by atoms with Gasteiger partial charge in [-0.3, -0.25) is 0 Å². The molecule has 2 aromatic carbocycles. The lowest BCUT2D eigenvalue weighted by Gasteiger charge is -2.09. The monoisotopic (exact) mass is 313 g/mol. The minimum absolute atomic E-state index is 0.668. The molecule has 0 fully saturated rings. The van der Waals surface area contributed by atoms with Gasteiger partial charge in [-0.2, -0.15) is 0 Å². The Morgan fingerprint density at radius 3 is 2.52 bits per heavy atom. The van der Waals surface area contributed by atoms with E-state index < -0.39 is 0 Å². The van der Waals surface area contributed by atoms with Crippen LogP contribution in [-0.4, -0.2) is 26.8 Å². The zero-order valence-corrected chi connectivity index (χ0v) is 14.0. The molecule has 0 saturated heterocycles. The summed E-state index contributed by atoms with van der Waals surface area (Å²) >= 11 is 0. The van der Waals surface area contributed by atoms with Crippen molar-refractivity contribution in [1.29, 1.82) is 0 Å². The maximum atomic E-state index is 5.81. The van der Waals surface area contributed by atoms with E-state index >= 15 is 0 Å². The SMILES string of the molecule is CNCCCc1cccc(OCCCOCc2ccccc2)c1. The average molecular weight is 313 g/mol. The minimum Gasteiger partial charge on any atom is -0.493 e. The molecule has 3 nitrogen and oxygen atoms in total. The number of benzene rings is 2. The molecule has 0 spiro atoms. The normalized spacial score (nSPS) is 10.7. The summed E-state index contributed by atoms with van der Waals surface area (Å²) in [5.41, 5.74) is 2.54. The lowest BCUT2D eigenvalue weighted by atomic mass is 10.1. The second kappa shape index (κ2) is 10.8. The van der Waals surface area contributed by atoms with Gasteiger partial charge in [-0.05, 0) is 49.7 Å². The van der Waals surface area contributed by atoms with Gasteiger partial charge in [0.25, 0.3) is 0 Å². The molecule has 2 rings (SSSR count). The highest BCUT2D eigenvalue weighted by Gasteiger charge is 1.98. The summed E-state index contributed by atoms with van der Waals surface area (Å²) in [6.45, 7) is 3.12. The number of rotatable bonds is 11. The zero-order valence-electron chi connectivity index (χ0n) is 14.0. The summed E-state index contributed by atoms with van der Waals surface area (Å²) in [5, 5.41) is 3.17. The van der Waals surface area contributed by atoms with Crippen LogP contribution in [0, 0.1) is 0 Å². The molecule has 0 radical (unpaired) electrons. The highest BCUT2D eigenvalue weighted by atomic mass is 16.5. The van der Waals surface area contributed by atoms with E-state index in [4.69, 9.17) is 9.47 Å². The molecule has 0 bridgehead atoms. The Balaban J connectivity index is 1.59. The molecular weight excluding hydrogens is 286 g/mol. The van der Waals surface area contributed by atoms with Gasteiger partial charge in [0.1, 0.15) is 5.75 Å². The van der Waals surface area contributed by atoms with Gasteiger partial charge in [0.2, 0.25) is 0 Å². The molecule has 0 aliphatic carbocycles. The van der Waals surface area contributed by atoms with Crippen molar-refractivity contribution in [3.63, 3.8) is 0 Å². The Kier molecular flexibility index (Phi) is 8.23. The summed E-state index contributed by atoms with van der Waals surface area (Å²) in [6.07, 6.45) is 3.13. The minimum atomic E-state index is 0.668. The van der Waals surface area contributed by atoms with Crippen LogP contribution in [0.3, 0.4) is 0 Å². The van der Waals surface area contributed by atoms with Gasteiger partial charge in [0.15, 0.2) is 0 Å². The van der Waals surface area contributed by atoms with Crippen LogP contribution in [0.4, 0.5) is 0 Å². The third-order valence-corrected chi connectivity index (χ3v) is 3.60. The zero-order chi connectivity index (χ0) is 16.2. The van der Waals surface area contributed by atoms with Gasteiger partial charge in [0, 0.05) is 6.42 Å². The Labute approximate surface area is 139 Å². The third-order valence-electron chi connectivity index (χ3n) is 3.60. The fourth-order valence-electron chi connectivity index (χ4n) is 2.38. The standard InChI is InChI=1S/C20H27NO2/c1-21-13-6-11-18-10-5-12-20(16-18)23-15-7-14-22-17-19-8-3-2-4-9-19/h2-5,8-10,12,16,21H,6-7,11,13-15,17H2,1H3. The number of hydrogen-bond acceptors (Lipinski definition) is 3. The number of ether oxygens (including phenoxy) is 2. The molecule has 0 aromatic heterocycles. The van der Waals surface area contributed by atoms with Crippen molar-refractivity contribution in [1.82, 2.24) is 5.32 Å². The van der Waals surface area contributed by atoms with Crippen molar-refractivity contribution in [2.75, 3.05) is 26.8 Å². The Bertz CT molecular complexity index is 542. The van der Waals surface area contributed by atoms with Crippen molar-refractivity contribution in [3.8, 4) is 5.75 Å². The van der Waals surface area contributed by atoms with E-state index in [1.54, 1.807) is 0 Å². The van der Waals surface area contributed by atoms with Crippen LogP contribution in [0.5, 0.6) is 5.75 Å². The van der Waals surface area contributed by atoms with Crippen molar-refractivity contribution in [3.05, 3.63) is 65.7 Å². The van der Waals surface area contributed by atoms with Crippen LogP contribution in [0.1, 0.15) is 24.0 Å². The quantitative estimate of drug-likeness (QED) is 0.640. The van der Waals surface area contributed by atoms with E-state index in [0.717, 1.165) is 38.2 Å². The summed E-state index contributed by atoms with van der Waals surface area (Å²) in [7, 11) is 1.99. The highest BCUT2D eigenvalue weighted by molar-refractivity contribution is 5.28. The molecule has 1 N–H and O–H groups in total. The van der Waals surface area contributed by atoms with Crippen molar-refractivity contribution in [2.24, 2.45) is 0 Å². The molecule has 0 heterocycles. The van der Waals surface area contributed by atoms with Gasteiger partial charge in [-0.15, -0.1) is 0 Å². The Morgan fingerprint density at radius 1 is 0.870 bits per heavy atom. The van der Waals surface area contributed by atoms with Gasteiger partial charge < -0.3 is 14.8 Å². The maximum Gasteiger partial charge on any atom is 0.119 e. The largest absolute Gasteiger partial charge is 0.493 e. The van der Waals surface area contributed by atoms with Crippen molar-refractivity contribution >= 4 is 0 Å². The molecule has 23 heavy (non-hydrogen) atoms. The molecule has 0 aliphatic heterocycles. The van der Waals surface area contributed by atoms with Crippen LogP contribution in [-0.2, 0) is 17.8 Å². The van der Waals surface area contributed by atoms with Crippen molar-refractivity contribution in [2.45, 2.75) is 25.9 Å². The first-order valence-corrected chi connectivity index (χ1v) is 8.36. The predicted molar refractivity (Wildman–Crippen MR) is 94.9 cm³/mol. The van der Waals surface area contributed by atoms with Crippen LogP contribution in [0.25, 0.3) is 0 Å². The van der Waals surface area contributed by atoms with E-state index in [-0.39, 0.29) is 0 Å². The van der Waals surface area contributed by atoms with Crippen molar-refractivity contribution < 1.29 is 9.47 Å². The summed E-state index contributed by atoms with van der Waals surface area (Å²) < 4.78 is 11.5. The van der Waals surface area contributed by atoms with Crippen LogP contribution in [0.15, 0.2) is 54.6 Å². The van der Waals surface area contributed by atoms with E-state index in [2.05, 4.69) is 35.6 Å². The van der Waals surface area contributed by atoms with E-state index in [1.165, 1.54) is 11.1 Å². The molecule has 0 saturated carbocycles. The molecule has 0 atom stereocenters. The number of hydrogen-bond donors (Lipinski definition) is 1. The molecule has 2 aromatic rings. The topological polar surface area (TPSA) is 30.5 Å². The lowest BCUT2D eigenvalue weighted by Crippen LogP contribution is -2.08. The Morgan fingerprint density at radius 2 is 1.70 bits per heavy atom. The third kappa shape index (κ3) is 7.31. The molecular formula is C20H27NO2. The van der Waals surface area contributed by atoms with Gasteiger partial charge >= 0.3 is 0 Å². The molecule has 3 heteroatoms.